The Bertz CT molecular complexity index is 1030. The van der Waals surface area contributed by atoms with Gasteiger partial charge in [-0.2, -0.15) is 0 Å². The van der Waals surface area contributed by atoms with Gasteiger partial charge in [0.2, 0.25) is 0 Å². The number of benzene rings is 2. The van der Waals surface area contributed by atoms with Crippen LogP contribution in [-0.4, -0.2) is 9.97 Å². The third-order valence-corrected chi connectivity index (χ3v) is 5.18. The average Bonchev–Trinajstić information content (AvgIpc) is 3.06. The van der Waals surface area contributed by atoms with Crippen LogP contribution < -0.4 is 5.32 Å². The smallest absolute Gasteiger partial charge is 0.139 e. The van der Waals surface area contributed by atoms with Crippen molar-refractivity contribution in [1.82, 2.24) is 9.97 Å². The van der Waals surface area contributed by atoms with E-state index in [4.69, 9.17) is 11.6 Å². The Morgan fingerprint density at radius 2 is 1.84 bits per heavy atom. The van der Waals surface area contributed by atoms with E-state index in [9.17, 15) is 4.39 Å². The molecule has 0 fully saturated rings. The van der Waals surface area contributed by atoms with E-state index in [0.717, 1.165) is 32.7 Å². The Hall–Kier alpha value is -2.50. The monoisotopic (exact) mass is 369 g/mol. The number of anilines is 1. The number of hydrogen-bond donors (Lipinski definition) is 1. The van der Waals surface area contributed by atoms with Crippen LogP contribution in [0.25, 0.3) is 21.3 Å². The topological polar surface area (TPSA) is 37.8 Å². The molecule has 0 spiro atoms. The first-order chi connectivity index (χ1) is 12.2. The summed E-state index contributed by atoms with van der Waals surface area (Å²) in [6, 6.07) is 14.1. The second-order valence-electron chi connectivity index (χ2n) is 5.50. The summed E-state index contributed by atoms with van der Waals surface area (Å²) in [4.78, 5) is 9.63. The van der Waals surface area contributed by atoms with Crippen LogP contribution in [0.2, 0.25) is 5.02 Å². The molecule has 4 rings (SSSR count). The molecule has 6 heteroatoms. The van der Waals surface area contributed by atoms with Crippen molar-refractivity contribution in [3.63, 3.8) is 0 Å². The second-order valence-corrected chi connectivity index (χ2v) is 6.77. The highest BCUT2D eigenvalue weighted by molar-refractivity contribution is 7.17. The van der Waals surface area contributed by atoms with Gasteiger partial charge in [0.1, 0.15) is 22.8 Å². The number of hydrogen-bond acceptors (Lipinski definition) is 4. The Kier molecular flexibility index (Phi) is 4.34. The maximum absolute atomic E-state index is 13.2. The number of thiophene rings is 1. The van der Waals surface area contributed by atoms with Crippen molar-refractivity contribution in [3.8, 4) is 11.1 Å². The summed E-state index contributed by atoms with van der Waals surface area (Å²) < 4.78 is 13.2. The summed E-state index contributed by atoms with van der Waals surface area (Å²) in [6.45, 7) is 0.560. The lowest BCUT2D eigenvalue weighted by Gasteiger charge is -2.09. The molecule has 0 saturated carbocycles. The number of fused-ring (bicyclic) bond motifs is 1. The van der Waals surface area contributed by atoms with Gasteiger partial charge in [-0.1, -0.05) is 41.9 Å². The Morgan fingerprint density at radius 1 is 1.04 bits per heavy atom. The van der Waals surface area contributed by atoms with E-state index in [1.807, 2.05) is 29.6 Å². The third kappa shape index (κ3) is 3.21. The molecule has 2 aromatic heterocycles. The van der Waals surface area contributed by atoms with Gasteiger partial charge in [0, 0.05) is 22.5 Å². The largest absolute Gasteiger partial charge is 0.365 e. The van der Waals surface area contributed by atoms with Crippen molar-refractivity contribution in [2.75, 3.05) is 5.32 Å². The molecule has 0 bridgehead atoms. The van der Waals surface area contributed by atoms with E-state index in [-0.39, 0.29) is 5.82 Å². The number of nitrogens with one attached hydrogen (secondary N) is 1. The first-order valence-electron chi connectivity index (χ1n) is 7.68. The van der Waals surface area contributed by atoms with Gasteiger partial charge in [0.25, 0.3) is 0 Å². The van der Waals surface area contributed by atoms with E-state index >= 15 is 0 Å². The maximum atomic E-state index is 13.2. The van der Waals surface area contributed by atoms with E-state index < -0.39 is 0 Å². The molecular weight excluding hydrogens is 357 g/mol. The van der Waals surface area contributed by atoms with Gasteiger partial charge in [0.15, 0.2) is 0 Å². The molecule has 0 atom stereocenters. The number of rotatable bonds is 4. The minimum atomic E-state index is -0.253. The zero-order valence-electron chi connectivity index (χ0n) is 13.0. The number of nitrogens with zero attached hydrogens (tertiary/aromatic N) is 2. The van der Waals surface area contributed by atoms with E-state index in [1.54, 1.807) is 29.8 Å². The average molecular weight is 370 g/mol. The fraction of sp³-hybridized carbons (Fsp3) is 0.0526. The SMILES string of the molecule is Fc1ccc(-c2csc3ncnc(NCc4ccccc4Cl)c23)cc1. The van der Waals surface area contributed by atoms with E-state index in [1.165, 1.54) is 12.1 Å². The zero-order chi connectivity index (χ0) is 17.2. The highest BCUT2D eigenvalue weighted by Gasteiger charge is 2.13. The molecular formula is C19H13ClFN3S. The Labute approximate surface area is 153 Å². The Balaban J connectivity index is 1.73. The molecule has 124 valence electrons. The predicted octanol–water partition coefficient (Wildman–Crippen LogP) is 5.76. The molecule has 0 unspecified atom stereocenters. The molecule has 2 heterocycles. The summed E-state index contributed by atoms with van der Waals surface area (Å²) in [5.74, 6) is 0.488. The van der Waals surface area contributed by atoms with Gasteiger partial charge < -0.3 is 5.32 Å². The minimum Gasteiger partial charge on any atom is -0.365 e. The molecule has 0 aliphatic carbocycles. The van der Waals surface area contributed by atoms with E-state index in [0.29, 0.717) is 11.6 Å². The summed E-state index contributed by atoms with van der Waals surface area (Å²) in [5.41, 5.74) is 2.92. The molecule has 0 aliphatic heterocycles. The van der Waals surface area contributed by atoms with Gasteiger partial charge in [-0.15, -0.1) is 11.3 Å². The molecule has 0 saturated heterocycles. The van der Waals surface area contributed by atoms with Crippen LogP contribution in [0.1, 0.15) is 5.56 Å². The molecule has 2 aromatic carbocycles. The van der Waals surface area contributed by atoms with Crippen LogP contribution in [0.4, 0.5) is 10.2 Å². The predicted molar refractivity (Wildman–Crippen MR) is 102 cm³/mol. The lowest BCUT2D eigenvalue weighted by Crippen LogP contribution is -2.02. The first kappa shape index (κ1) is 16.0. The maximum Gasteiger partial charge on any atom is 0.139 e. The van der Waals surface area contributed by atoms with Crippen molar-refractivity contribution < 1.29 is 4.39 Å². The minimum absolute atomic E-state index is 0.253. The van der Waals surface area contributed by atoms with Crippen LogP contribution in [0.15, 0.2) is 60.2 Å². The van der Waals surface area contributed by atoms with Gasteiger partial charge in [-0.05, 0) is 29.3 Å². The van der Waals surface area contributed by atoms with Crippen molar-refractivity contribution >= 4 is 39.0 Å². The van der Waals surface area contributed by atoms with Crippen molar-refractivity contribution in [2.24, 2.45) is 0 Å². The lowest BCUT2D eigenvalue weighted by atomic mass is 10.1. The van der Waals surface area contributed by atoms with Crippen LogP contribution in [0, 0.1) is 5.82 Å². The fourth-order valence-corrected chi connectivity index (χ4v) is 3.79. The first-order valence-corrected chi connectivity index (χ1v) is 8.93. The summed E-state index contributed by atoms with van der Waals surface area (Å²) in [6.07, 6.45) is 1.54. The molecule has 0 aliphatic rings. The Morgan fingerprint density at radius 3 is 2.64 bits per heavy atom. The summed E-state index contributed by atoms with van der Waals surface area (Å²) in [5, 5.41) is 7.02. The van der Waals surface area contributed by atoms with Crippen LogP contribution in [0.3, 0.4) is 0 Å². The fourth-order valence-electron chi connectivity index (χ4n) is 2.67. The second kappa shape index (κ2) is 6.78. The molecule has 0 amide bonds. The van der Waals surface area contributed by atoms with Crippen LogP contribution in [0.5, 0.6) is 0 Å². The van der Waals surface area contributed by atoms with Crippen LogP contribution >= 0.6 is 22.9 Å². The molecule has 0 radical (unpaired) electrons. The highest BCUT2D eigenvalue weighted by Crippen LogP contribution is 2.36. The van der Waals surface area contributed by atoms with Crippen molar-refractivity contribution in [2.45, 2.75) is 6.54 Å². The van der Waals surface area contributed by atoms with Crippen molar-refractivity contribution in [1.29, 1.82) is 0 Å². The quantitative estimate of drug-likeness (QED) is 0.496. The molecule has 3 nitrogen and oxygen atoms in total. The molecule has 1 N–H and O–H groups in total. The van der Waals surface area contributed by atoms with Gasteiger partial charge in [-0.3, -0.25) is 0 Å². The number of halogens is 2. The normalized spacial score (nSPS) is 11.0. The van der Waals surface area contributed by atoms with Gasteiger partial charge in [-0.25, -0.2) is 14.4 Å². The number of aromatic nitrogens is 2. The van der Waals surface area contributed by atoms with Crippen LogP contribution in [-0.2, 0) is 6.54 Å². The summed E-state index contributed by atoms with van der Waals surface area (Å²) in [7, 11) is 0. The highest BCUT2D eigenvalue weighted by atomic mass is 35.5. The third-order valence-electron chi connectivity index (χ3n) is 3.93. The van der Waals surface area contributed by atoms with E-state index in [2.05, 4.69) is 15.3 Å². The standard InChI is InChI=1S/C19H13ClFN3S/c20-16-4-2-1-3-13(16)9-22-18-17-15(10-25-19(17)24-11-23-18)12-5-7-14(21)8-6-12/h1-8,10-11H,9H2,(H,22,23,24). The molecule has 4 aromatic rings. The summed E-state index contributed by atoms with van der Waals surface area (Å²) >= 11 is 7.76. The van der Waals surface area contributed by atoms with Gasteiger partial charge >= 0.3 is 0 Å². The van der Waals surface area contributed by atoms with Gasteiger partial charge in [0.05, 0.1) is 5.39 Å². The molecule has 25 heavy (non-hydrogen) atoms. The zero-order valence-corrected chi connectivity index (χ0v) is 14.6. The lowest BCUT2D eigenvalue weighted by molar-refractivity contribution is 0.628. The van der Waals surface area contributed by atoms with Crippen molar-refractivity contribution in [3.05, 3.63) is 76.6 Å².